The molecule has 0 radical (unpaired) electrons. The van der Waals surface area contributed by atoms with E-state index in [2.05, 4.69) is 28.9 Å². The van der Waals surface area contributed by atoms with E-state index in [0.717, 1.165) is 19.3 Å². The van der Waals surface area contributed by atoms with E-state index in [1.165, 1.54) is 6.92 Å². The zero-order valence-corrected chi connectivity index (χ0v) is 22.5. The number of nitriles is 1. The number of cyclic esters (lactones) is 1. The molecule has 1 heterocycles. The van der Waals surface area contributed by atoms with Crippen molar-refractivity contribution in [3.05, 3.63) is 35.4 Å². The zero-order valence-electron chi connectivity index (χ0n) is 22.5. The molecule has 0 aromatic heterocycles. The molecule has 37 heavy (non-hydrogen) atoms. The highest BCUT2D eigenvalue weighted by atomic mass is 16.5. The summed E-state index contributed by atoms with van der Waals surface area (Å²) < 4.78 is 5.87. The minimum Gasteiger partial charge on any atom is -0.460 e. The first-order valence-electron chi connectivity index (χ1n) is 13.2. The van der Waals surface area contributed by atoms with Gasteiger partial charge in [-0.2, -0.15) is 5.26 Å². The molecule has 6 atom stereocenters. The predicted octanol–water partition coefficient (Wildman–Crippen LogP) is 2.76. The van der Waals surface area contributed by atoms with Crippen molar-refractivity contribution in [3.8, 4) is 6.07 Å². The molecular formula is C28H40N4O5. The average Bonchev–Trinajstić information content (AvgIpc) is 2.88. The molecule has 0 saturated carbocycles. The second-order valence-corrected chi connectivity index (χ2v) is 10.0. The Labute approximate surface area is 219 Å². The summed E-state index contributed by atoms with van der Waals surface area (Å²) in [6.45, 7) is 9.29. The smallest absolute Gasteiger partial charge is 0.329 e. The Morgan fingerprint density at radius 2 is 1.78 bits per heavy atom. The van der Waals surface area contributed by atoms with Gasteiger partial charge in [-0.05, 0) is 42.9 Å². The Bertz CT molecular complexity index is 1000. The molecule has 9 heteroatoms. The van der Waals surface area contributed by atoms with Crippen molar-refractivity contribution < 1.29 is 23.9 Å². The van der Waals surface area contributed by atoms with Crippen molar-refractivity contribution in [1.82, 2.24) is 16.0 Å². The van der Waals surface area contributed by atoms with Crippen LogP contribution in [0.4, 0.5) is 0 Å². The van der Waals surface area contributed by atoms with E-state index >= 15 is 0 Å². The topological polar surface area (TPSA) is 137 Å². The maximum Gasteiger partial charge on any atom is 0.329 e. The van der Waals surface area contributed by atoms with Gasteiger partial charge >= 0.3 is 5.97 Å². The van der Waals surface area contributed by atoms with Crippen molar-refractivity contribution in [2.75, 3.05) is 0 Å². The Kier molecular flexibility index (Phi) is 11.6. The van der Waals surface area contributed by atoms with Gasteiger partial charge in [-0.3, -0.25) is 14.4 Å². The fraction of sp³-hybridized carbons (Fsp3) is 0.607. The fourth-order valence-corrected chi connectivity index (χ4v) is 4.27. The van der Waals surface area contributed by atoms with Crippen LogP contribution in [-0.2, 0) is 30.3 Å². The quantitative estimate of drug-likeness (QED) is 0.458. The van der Waals surface area contributed by atoms with E-state index in [1.807, 2.05) is 20.8 Å². The number of benzene rings is 1. The molecule has 0 aliphatic carbocycles. The molecule has 1 aromatic carbocycles. The summed E-state index contributed by atoms with van der Waals surface area (Å²) in [6, 6.07) is 6.04. The second-order valence-electron chi connectivity index (χ2n) is 10.0. The Balaban J connectivity index is 2.40. The number of hydrogen-bond donors (Lipinski definition) is 3. The third-order valence-corrected chi connectivity index (χ3v) is 6.97. The SMILES string of the molecule is CCCC[C@H](C)[C@@H]1CC(=O)N[C@H](Cc2cccc(C#N)c2)C(=O)N[C@@H](C)C(=O)N[C@H]([C@@H](C)CC)C(=O)O1. The molecule has 1 aromatic rings. The molecule has 1 fully saturated rings. The minimum atomic E-state index is -0.981. The molecule has 0 spiro atoms. The molecule has 0 bridgehead atoms. The maximum atomic E-state index is 13.2. The third-order valence-electron chi connectivity index (χ3n) is 6.97. The molecule has 1 saturated heterocycles. The van der Waals surface area contributed by atoms with Gasteiger partial charge < -0.3 is 20.7 Å². The van der Waals surface area contributed by atoms with E-state index in [9.17, 15) is 24.4 Å². The summed E-state index contributed by atoms with van der Waals surface area (Å²) in [5.74, 6) is -2.34. The molecular weight excluding hydrogens is 472 g/mol. The number of carbonyl (C=O) groups excluding carboxylic acids is 4. The Morgan fingerprint density at radius 3 is 2.43 bits per heavy atom. The van der Waals surface area contributed by atoms with Crippen LogP contribution >= 0.6 is 0 Å². The van der Waals surface area contributed by atoms with Crippen LogP contribution < -0.4 is 16.0 Å². The lowest BCUT2D eigenvalue weighted by Gasteiger charge is -2.29. The summed E-state index contributed by atoms with van der Waals surface area (Å²) in [5.41, 5.74) is 1.13. The van der Waals surface area contributed by atoms with Crippen LogP contribution in [-0.4, -0.2) is 47.9 Å². The summed E-state index contributed by atoms with van der Waals surface area (Å²) in [7, 11) is 0. The van der Waals surface area contributed by atoms with E-state index < -0.39 is 47.9 Å². The molecule has 2 rings (SSSR count). The first-order chi connectivity index (χ1) is 17.6. The normalized spacial score (nSPS) is 25.1. The predicted molar refractivity (Wildman–Crippen MR) is 139 cm³/mol. The Morgan fingerprint density at radius 1 is 1.05 bits per heavy atom. The van der Waals surface area contributed by atoms with Gasteiger partial charge in [0.05, 0.1) is 18.1 Å². The lowest BCUT2D eigenvalue weighted by atomic mass is 9.94. The third kappa shape index (κ3) is 8.88. The highest BCUT2D eigenvalue weighted by molar-refractivity contribution is 5.94. The van der Waals surface area contributed by atoms with Gasteiger partial charge in [-0.25, -0.2) is 4.79 Å². The molecule has 0 unspecified atom stereocenters. The van der Waals surface area contributed by atoms with E-state index in [-0.39, 0.29) is 24.7 Å². The van der Waals surface area contributed by atoms with Gasteiger partial charge in [0.15, 0.2) is 0 Å². The average molecular weight is 513 g/mol. The standard InChI is InChI=1S/C28H40N4O5/c1-6-8-10-18(4)23-15-24(33)31-22(14-20-11-9-12-21(13-20)16-29)27(35)30-19(5)26(34)32-25(17(3)7-2)28(36)37-23/h9,11-13,17-19,22-23,25H,6-8,10,14-15H2,1-5H3,(H,30,35)(H,31,33)(H,32,34)/t17-,18-,19-,22+,23-,25+/m0/s1. The van der Waals surface area contributed by atoms with Crippen molar-refractivity contribution in [2.24, 2.45) is 11.8 Å². The number of nitrogens with one attached hydrogen (secondary N) is 3. The zero-order chi connectivity index (χ0) is 27.5. The number of esters is 1. The number of rotatable bonds is 8. The maximum absolute atomic E-state index is 13.2. The lowest BCUT2D eigenvalue weighted by molar-refractivity contribution is -0.158. The van der Waals surface area contributed by atoms with Crippen molar-refractivity contribution in [2.45, 2.75) is 97.4 Å². The van der Waals surface area contributed by atoms with Gasteiger partial charge in [-0.1, -0.05) is 59.1 Å². The van der Waals surface area contributed by atoms with Gasteiger partial charge in [0.2, 0.25) is 17.7 Å². The number of ether oxygens (including phenoxy) is 1. The molecule has 202 valence electrons. The molecule has 1 aliphatic rings. The summed E-state index contributed by atoms with van der Waals surface area (Å²) in [4.78, 5) is 52.5. The number of hydrogen-bond acceptors (Lipinski definition) is 6. The van der Waals surface area contributed by atoms with Crippen molar-refractivity contribution in [3.63, 3.8) is 0 Å². The molecule has 3 amide bonds. The van der Waals surface area contributed by atoms with Crippen molar-refractivity contribution in [1.29, 1.82) is 5.26 Å². The second kappa shape index (κ2) is 14.4. The first kappa shape index (κ1) is 29.8. The molecule has 1 aliphatic heterocycles. The number of nitrogens with zero attached hydrogens (tertiary/aromatic N) is 1. The molecule has 9 nitrogen and oxygen atoms in total. The molecule has 3 N–H and O–H groups in total. The first-order valence-corrected chi connectivity index (χ1v) is 13.2. The van der Waals surface area contributed by atoms with Crippen LogP contribution in [0.15, 0.2) is 24.3 Å². The summed E-state index contributed by atoms with van der Waals surface area (Å²) in [6.07, 6.45) is 2.60. The largest absolute Gasteiger partial charge is 0.460 e. The van der Waals surface area contributed by atoms with Crippen LogP contribution in [0.3, 0.4) is 0 Å². The van der Waals surface area contributed by atoms with Gasteiger partial charge in [0.1, 0.15) is 24.2 Å². The van der Waals surface area contributed by atoms with Crippen LogP contribution in [0.1, 0.15) is 77.8 Å². The van der Waals surface area contributed by atoms with Gasteiger partial charge in [0.25, 0.3) is 0 Å². The Hall–Kier alpha value is -3.41. The van der Waals surface area contributed by atoms with Crippen molar-refractivity contribution >= 4 is 23.7 Å². The number of carbonyl (C=O) groups is 4. The van der Waals surface area contributed by atoms with E-state index in [1.54, 1.807) is 24.3 Å². The van der Waals surface area contributed by atoms with Crippen LogP contribution in [0.2, 0.25) is 0 Å². The number of unbranched alkanes of at least 4 members (excludes halogenated alkanes) is 1. The minimum absolute atomic E-state index is 0.0911. The highest BCUT2D eigenvalue weighted by Gasteiger charge is 2.35. The number of amides is 3. The van der Waals surface area contributed by atoms with Gasteiger partial charge in [0, 0.05) is 6.42 Å². The monoisotopic (exact) mass is 512 g/mol. The van der Waals surface area contributed by atoms with E-state index in [0.29, 0.717) is 17.5 Å². The van der Waals surface area contributed by atoms with Gasteiger partial charge in [-0.15, -0.1) is 0 Å². The van der Waals surface area contributed by atoms with Crippen LogP contribution in [0.25, 0.3) is 0 Å². The summed E-state index contributed by atoms with van der Waals surface area (Å²) in [5, 5.41) is 17.4. The fourth-order valence-electron chi connectivity index (χ4n) is 4.27. The highest BCUT2D eigenvalue weighted by Crippen LogP contribution is 2.21. The van der Waals surface area contributed by atoms with E-state index in [4.69, 9.17) is 4.74 Å². The van der Waals surface area contributed by atoms with Crippen LogP contribution in [0, 0.1) is 23.2 Å². The summed E-state index contributed by atoms with van der Waals surface area (Å²) >= 11 is 0. The van der Waals surface area contributed by atoms with Crippen LogP contribution in [0.5, 0.6) is 0 Å². The lowest BCUT2D eigenvalue weighted by Crippen LogP contribution is -2.55.